The minimum absolute atomic E-state index is 0.110. The Bertz CT molecular complexity index is 835. The van der Waals surface area contributed by atoms with Crippen LogP contribution in [0.5, 0.6) is 5.75 Å². The van der Waals surface area contributed by atoms with Crippen LogP contribution in [0.15, 0.2) is 48.8 Å². The fourth-order valence-corrected chi connectivity index (χ4v) is 2.41. The highest BCUT2D eigenvalue weighted by Crippen LogP contribution is 2.19. The number of nitrogens with zero attached hydrogens (tertiary/aromatic N) is 2. The summed E-state index contributed by atoms with van der Waals surface area (Å²) in [6.07, 6.45) is 3.72. The van der Waals surface area contributed by atoms with Crippen molar-refractivity contribution in [1.29, 1.82) is 0 Å². The summed E-state index contributed by atoms with van der Waals surface area (Å²) in [5, 5.41) is 2.94. The average Bonchev–Trinajstić information content (AvgIpc) is 2.99. The van der Waals surface area contributed by atoms with Crippen LogP contribution in [0.4, 0.5) is 5.69 Å². The van der Waals surface area contributed by atoms with E-state index in [1.807, 2.05) is 43.5 Å². The molecule has 0 spiro atoms. The van der Waals surface area contributed by atoms with E-state index in [0.29, 0.717) is 5.56 Å². The highest BCUT2D eigenvalue weighted by Gasteiger charge is 2.10. The molecule has 0 radical (unpaired) electrons. The molecule has 0 fully saturated rings. The van der Waals surface area contributed by atoms with Crippen LogP contribution in [0.2, 0.25) is 0 Å². The molecule has 0 saturated heterocycles. The van der Waals surface area contributed by atoms with Crippen LogP contribution in [0, 0.1) is 6.92 Å². The second kappa shape index (κ2) is 6.12. The van der Waals surface area contributed by atoms with E-state index in [1.54, 1.807) is 30.5 Å². The van der Waals surface area contributed by atoms with Crippen LogP contribution in [0.3, 0.4) is 0 Å². The second-order valence-electron chi connectivity index (χ2n) is 5.63. The molecule has 1 N–H and O–H groups in total. The zero-order valence-electron chi connectivity index (χ0n) is 13.4. The van der Waals surface area contributed by atoms with Gasteiger partial charge >= 0.3 is 0 Å². The minimum atomic E-state index is -0.149. The van der Waals surface area contributed by atoms with Gasteiger partial charge in [-0.15, -0.1) is 0 Å². The number of hydrogen-bond donors (Lipinski definition) is 1. The lowest BCUT2D eigenvalue weighted by Gasteiger charge is -2.12. The zero-order valence-corrected chi connectivity index (χ0v) is 13.4. The Morgan fingerprint density at radius 3 is 2.61 bits per heavy atom. The van der Waals surface area contributed by atoms with Crippen LogP contribution in [0.25, 0.3) is 5.65 Å². The molecule has 1 amide bonds. The number of benzene rings is 1. The SMILES string of the molecule is Cc1c(NC(=O)c2ccc(OC(C)C)cc2)ccc2nccn12. The van der Waals surface area contributed by atoms with E-state index >= 15 is 0 Å². The molecule has 1 aromatic carbocycles. The monoisotopic (exact) mass is 309 g/mol. The Hall–Kier alpha value is -2.82. The number of imidazole rings is 1. The molecule has 0 unspecified atom stereocenters. The van der Waals surface area contributed by atoms with Crippen molar-refractivity contribution in [2.24, 2.45) is 0 Å². The van der Waals surface area contributed by atoms with Gasteiger partial charge in [0, 0.05) is 23.7 Å². The van der Waals surface area contributed by atoms with Crippen LogP contribution in [-0.4, -0.2) is 21.4 Å². The van der Waals surface area contributed by atoms with Crippen LogP contribution >= 0.6 is 0 Å². The maximum Gasteiger partial charge on any atom is 0.255 e. The van der Waals surface area contributed by atoms with Crippen LogP contribution in [-0.2, 0) is 0 Å². The van der Waals surface area contributed by atoms with Gasteiger partial charge in [-0.05, 0) is 57.2 Å². The molecule has 0 saturated carbocycles. The molecule has 3 aromatic rings. The Labute approximate surface area is 134 Å². The number of carbonyl (C=O) groups is 1. The Balaban J connectivity index is 1.78. The van der Waals surface area contributed by atoms with E-state index in [9.17, 15) is 4.79 Å². The highest BCUT2D eigenvalue weighted by atomic mass is 16.5. The first kappa shape index (κ1) is 15.1. The second-order valence-corrected chi connectivity index (χ2v) is 5.63. The van der Waals surface area contributed by atoms with Crippen molar-refractivity contribution < 1.29 is 9.53 Å². The van der Waals surface area contributed by atoms with Crippen LogP contribution in [0.1, 0.15) is 29.9 Å². The summed E-state index contributed by atoms with van der Waals surface area (Å²) in [4.78, 5) is 16.6. The number of hydrogen-bond acceptors (Lipinski definition) is 3. The van der Waals surface area contributed by atoms with Gasteiger partial charge in [-0.25, -0.2) is 4.98 Å². The van der Waals surface area contributed by atoms with Gasteiger partial charge in [-0.1, -0.05) is 0 Å². The van der Waals surface area contributed by atoms with Crippen molar-refractivity contribution in [3.05, 3.63) is 60.0 Å². The van der Waals surface area contributed by atoms with Crippen molar-refractivity contribution in [2.75, 3.05) is 5.32 Å². The lowest BCUT2D eigenvalue weighted by atomic mass is 10.2. The first-order chi connectivity index (χ1) is 11.0. The molecule has 0 aliphatic carbocycles. The van der Waals surface area contributed by atoms with Crippen LogP contribution < -0.4 is 10.1 Å². The fourth-order valence-electron chi connectivity index (χ4n) is 2.41. The number of rotatable bonds is 4. The number of nitrogens with one attached hydrogen (secondary N) is 1. The van der Waals surface area contributed by atoms with Gasteiger partial charge < -0.3 is 14.5 Å². The van der Waals surface area contributed by atoms with E-state index in [1.165, 1.54) is 0 Å². The van der Waals surface area contributed by atoms with Gasteiger partial charge in [-0.2, -0.15) is 0 Å². The zero-order chi connectivity index (χ0) is 16.4. The van der Waals surface area contributed by atoms with E-state index < -0.39 is 0 Å². The van der Waals surface area contributed by atoms with Crippen molar-refractivity contribution in [2.45, 2.75) is 26.9 Å². The van der Waals surface area contributed by atoms with Gasteiger partial charge in [0.15, 0.2) is 0 Å². The molecule has 0 bridgehead atoms. The normalized spacial score (nSPS) is 11.0. The maximum absolute atomic E-state index is 12.4. The summed E-state index contributed by atoms with van der Waals surface area (Å²) in [5.41, 5.74) is 3.15. The first-order valence-corrected chi connectivity index (χ1v) is 7.55. The lowest BCUT2D eigenvalue weighted by Crippen LogP contribution is -2.14. The third kappa shape index (κ3) is 3.18. The van der Waals surface area contributed by atoms with Gasteiger partial charge in [-0.3, -0.25) is 4.79 Å². The smallest absolute Gasteiger partial charge is 0.255 e. The quantitative estimate of drug-likeness (QED) is 0.800. The molecule has 23 heavy (non-hydrogen) atoms. The van der Waals surface area contributed by atoms with E-state index in [0.717, 1.165) is 22.8 Å². The largest absolute Gasteiger partial charge is 0.491 e. The molecular weight excluding hydrogens is 290 g/mol. The van der Waals surface area contributed by atoms with Gasteiger partial charge in [0.2, 0.25) is 0 Å². The Kier molecular flexibility index (Phi) is 4.02. The third-order valence-corrected chi connectivity index (χ3v) is 3.56. The number of aromatic nitrogens is 2. The fraction of sp³-hybridized carbons (Fsp3) is 0.222. The molecular formula is C18H19N3O2. The number of ether oxygens (including phenoxy) is 1. The first-order valence-electron chi connectivity index (χ1n) is 7.55. The standard InChI is InChI=1S/C18H19N3O2/c1-12(2)23-15-6-4-14(5-7-15)18(22)20-16-8-9-17-19-10-11-21(17)13(16)3/h4-12H,1-3H3,(H,20,22). The summed E-state index contributed by atoms with van der Waals surface area (Å²) >= 11 is 0. The molecule has 2 heterocycles. The predicted octanol–water partition coefficient (Wildman–Crippen LogP) is 3.68. The van der Waals surface area contributed by atoms with E-state index in [2.05, 4.69) is 10.3 Å². The third-order valence-electron chi connectivity index (χ3n) is 3.56. The van der Waals surface area contributed by atoms with E-state index in [-0.39, 0.29) is 12.0 Å². The Morgan fingerprint density at radius 1 is 1.17 bits per heavy atom. The number of aryl methyl sites for hydroxylation is 1. The molecule has 0 aliphatic heterocycles. The summed E-state index contributed by atoms with van der Waals surface area (Å²) in [7, 11) is 0. The summed E-state index contributed by atoms with van der Waals surface area (Å²) in [6.45, 7) is 5.88. The topological polar surface area (TPSA) is 55.6 Å². The molecule has 0 atom stereocenters. The average molecular weight is 309 g/mol. The van der Waals surface area contributed by atoms with Gasteiger partial charge in [0.1, 0.15) is 11.4 Å². The van der Waals surface area contributed by atoms with Gasteiger partial charge in [0.05, 0.1) is 11.8 Å². The summed E-state index contributed by atoms with van der Waals surface area (Å²) < 4.78 is 7.52. The summed E-state index contributed by atoms with van der Waals surface area (Å²) in [5.74, 6) is 0.608. The predicted molar refractivity (Wildman–Crippen MR) is 90.1 cm³/mol. The van der Waals surface area contributed by atoms with Crippen molar-refractivity contribution in [3.63, 3.8) is 0 Å². The molecule has 0 aliphatic rings. The molecule has 118 valence electrons. The summed E-state index contributed by atoms with van der Waals surface area (Å²) in [6, 6.07) is 10.9. The number of amides is 1. The molecule has 3 rings (SSSR count). The maximum atomic E-state index is 12.4. The highest BCUT2D eigenvalue weighted by molar-refractivity contribution is 6.04. The number of fused-ring (bicyclic) bond motifs is 1. The Morgan fingerprint density at radius 2 is 1.91 bits per heavy atom. The van der Waals surface area contributed by atoms with Crippen molar-refractivity contribution >= 4 is 17.2 Å². The number of carbonyl (C=O) groups excluding carboxylic acids is 1. The van der Waals surface area contributed by atoms with Gasteiger partial charge in [0.25, 0.3) is 5.91 Å². The van der Waals surface area contributed by atoms with Crippen molar-refractivity contribution in [3.8, 4) is 5.75 Å². The minimum Gasteiger partial charge on any atom is -0.491 e. The molecule has 2 aromatic heterocycles. The van der Waals surface area contributed by atoms with Crippen molar-refractivity contribution in [1.82, 2.24) is 9.38 Å². The van der Waals surface area contributed by atoms with E-state index in [4.69, 9.17) is 4.74 Å². The molecule has 5 nitrogen and oxygen atoms in total. The number of anilines is 1. The lowest BCUT2D eigenvalue weighted by molar-refractivity contribution is 0.102. The molecule has 5 heteroatoms. The number of pyridine rings is 1.